The summed E-state index contributed by atoms with van der Waals surface area (Å²) in [5, 5.41) is 3.36. The lowest BCUT2D eigenvalue weighted by molar-refractivity contribution is 0.00346. The van der Waals surface area contributed by atoms with Crippen LogP contribution in [0.1, 0.15) is 37.7 Å². The van der Waals surface area contributed by atoms with E-state index >= 15 is 0 Å². The predicted octanol–water partition coefficient (Wildman–Crippen LogP) is 2.86. The molecule has 2 amide bonds. The van der Waals surface area contributed by atoms with Gasteiger partial charge in [0.25, 0.3) is 0 Å². The van der Waals surface area contributed by atoms with Gasteiger partial charge in [-0.05, 0) is 43.7 Å². The highest BCUT2D eigenvalue weighted by Gasteiger charge is 2.45. The minimum absolute atomic E-state index is 0.132. The van der Waals surface area contributed by atoms with E-state index < -0.39 is 0 Å². The number of urea groups is 1. The van der Waals surface area contributed by atoms with Crippen LogP contribution >= 0.6 is 0 Å². The van der Waals surface area contributed by atoms with Gasteiger partial charge < -0.3 is 15.0 Å². The van der Waals surface area contributed by atoms with Crippen LogP contribution < -0.4 is 5.32 Å². The molecule has 1 aromatic rings. The quantitative estimate of drug-likeness (QED) is 0.901. The molecule has 1 N–H and O–H groups in total. The Kier molecular flexibility index (Phi) is 5.18. The monoisotopic (exact) mass is 357 g/mol. The van der Waals surface area contributed by atoms with Gasteiger partial charge in [-0.25, -0.2) is 4.79 Å². The summed E-state index contributed by atoms with van der Waals surface area (Å²) in [6.45, 7) is 4.30. The first-order valence-electron chi connectivity index (χ1n) is 10.0. The maximum Gasteiger partial charge on any atom is 0.317 e. The Labute approximate surface area is 156 Å². The summed E-state index contributed by atoms with van der Waals surface area (Å²) in [4.78, 5) is 17.0. The molecule has 142 valence electrons. The molecule has 5 heteroatoms. The van der Waals surface area contributed by atoms with Gasteiger partial charge in [-0.1, -0.05) is 36.8 Å². The molecule has 4 rings (SSSR count). The third-order valence-corrected chi connectivity index (χ3v) is 6.74. The highest BCUT2D eigenvalue weighted by atomic mass is 16.5. The number of amides is 2. The maximum atomic E-state index is 12.7. The lowest BCUT2D eigenvalue weighted by Gasteiger charge is -2.45. The SMILES string of the molecule is CN(Cc1ccccc1)C1CN(C(=O)NC2CCCC23CCOCC3)C1. The fourth-order valence-corrected chi connectivity index (χ4v) is 4.88. The lowest BCUT2D eigenvalue weighted by Crippen LogP contribution is -2.63. The van der Waals surface area contributed by atoms with Gasteiger partial charge >= 0.3 is 6.03 Å². The topological polar surface area (TPSA) is 44.8 Å². The Morgan fingerprint density at radius 2 is 1.96 bits per heavy atom. The van der Waals surface area contributed by atoms with E-state index in [9.17, 15) is 4.79 Å². The van der Waals surface area contributed by atoms with Gasteiger partial charge in [0.05, 0.1) is 0 Å². The first kappa shape index (κ1) is 17.8. The Morgan fingerprint density at radius 1 is 1.23 bits per heavy atom. The van der Waals surface area contributed by atoms with E-state index in [4.69, 9.17) is 4.74 Å². The largest absolute Gasteiger partial charge is 0.381 e. The van der Waals surface area contributed by atoms with Gasteiger partial charge in [-0.15, -0.1) is 0 Å². The van der Waals surface area contributed by atoms with Crippen molar-refractivity contribution in [2.24, 2.45) is 5.41 Å². The van der Waals surface area contributed by atoms with Gasteiger partial charge in [-0.3, -0.25) is 4.90 Å². The molecule has 2 heterocycles. The number of likely N-dealkylation sites (N-methyl/N-ethyl adjacent to an activating group) is 1. The van der Waals surface area contributed by atoms with Crippen LogP contribution in [0.15, 0.2) is 30.3 Å². The molecule has 0 bridgehead atoms. The molecule has 3 fully saturated rings. The molecule has 1 unspecified atom stereocenters. The number of nitrogens with one attached hydrogen (secondary N) is 1. The number of carbonyl (C=O) groups excluding carboxylic acids is 1. The summed E-state index contributed by atoms with van der Waals surface area (Å²) in [6.07, 6.45) is 5.79. The van der Waals surface area contributed by atoms with Crippen molar-refractivity contribution in [1.29, 1.82) is 0 Å². The number of ether oxygens (including phenoxy) is 1. The minimum atomic E-state index is 0.132. The summed E-state index contributed by atoms with van der Waals surface area (Å²) >= 11 is 0. The van der Waals surface area contributed by atoms with Crippen molar-refractivity contribution in [2.45, 2.75) is 50.7 Å². The molecule has 0 radical (unpaired) electrons. The minimum Gasteiger partial charge on any atom is -0.381 e. The summed E-state index contributed by atoms with van der Waals surface area (Å²) in [5.74, 6) is 0. The molecule has 2 saturated heterocycles. The molecule has 3 aliphatic rings. The summed E-state index contributed by atoms with van der Waals surface area (Å²) in [6, 6.07) is 11.5. The zero-order valence-corrected chi connectivity index (χ0v) is 15.8. The molecular weight excluding hydrogens is 326 g/mol. The summed E-state index contributed by atoms with van der Waals surface area (Å²) in [7, 11) is 2.15. The molecule has 2 aliphatic heterocycles. The first-order valence-corrected chi connectivity index (χ1v) is 10.0. The van der Waals surface area contributed by atoms with Gasteiger partial charge in [0, 0.05) is 44.9 Å². The van der Waals surface area contributed by atoms with Crippen LogP contribution in [0, 0.1) is 5.41 Å². The van der Waals surface area contributed by atoms with Gasteiger partial charge in [0.2, 0.25) is 0 Å². The van der Waals surface area contributed by atoms with Crippen molar-refractivity contribution < 1.29 is 9.53 Å². The number of benzene rings is 1. The third kappa shape index (κ3) is 3.60. The van der Waals surface area contributed by atoms with Gasteiger partial charge in [0.1, 0.15) is 0 Å². The standard InChI is InChI=1S/C21H31N3O2/c1-23(14-17-6-3-2-4-7-17)18-15-24(16-18)20(25)22-19-8-5-9-21(19)10-12-26-13-11-21/h2-4,6-7,18-19H,5,8-16H2,1H3,(H,22,25). The van der Waals surface area contributed by atoms with Crippen molar-refractivity contribution in [3.63, 3.8) is 0 Å². The van der Waals surface area contributed by atoms with Crippen LogP contribution in [-0.4, -0.2) is 61.3 Å². The molecule has 5 nitrogen and oxygen atoms in total. The molecule has 1 saturated carbocycles. The number of hydrogen-bond donors (Lipinski definition) is 1. The van der Waals surface area contributed by atoms with Crippen molar-refractivity contribution in [3.05, 3.63) is 35.9 Å². The second-order valence-corrected chi connectivity index (χ2v) is 8.33. The highest BCUT2D eigenvalue weighted by molar-refractivity contribution is 5.75. The van der Waals surface area contributed by atoms with Crippen LogP contribution in [0.4, 0.5) is 4.79 Å². The number of likely N-dealkylation sites (tertiary alicyclic amines) is 1. The zero-order chi connectivity index (χ0) is 18.0. The smallest absolute Gasteiger partial charge is 0.317 e. The summed E-state index contributed by atoms with van der Waals surface area (Å²) in [5.41, 5.74) is 1.62. The fraction of sp³-hybridized carbons (Fsp3) is 0.667. The van der Waals surface area contributed by atoms with E-state index in [1.807, 2.05) is 11.0 Å². The van der Waals surface area contributed by atoms with Crippen LogP contribution in [0.5, 0.6) is 0 Å². The molecule has 1 aromatic carbocycles. The van der Waals surface area contributed by atoms with Crippen molar-refractivity contribution in [3.8, 4) is 0 Å². The normalized spacial score (nSPS) is 25.5. The second-order valence-electron chi connectivity index (χ2n) is 8.33. The van der Waals surface area contributed by atoms with Crippen molar-refractivity contribution in [1.82, 2.24) is 15.1 Å². The van der Waals surface area contributed by atoms with E-state index in [-0.39, 0.29) is 6.03 Å². The Hall–Kier alpha value is -1.59. The van der Waals surface area contributed by atoms with E-state index in [0.29, 0.717) is 17.5 Å². The number of carbonyl (C=O) groups is 1. The Morgan fingerprint density at radius 3 is 2.69 bits per heavy atom. The average Bonchev–Trinajstić information content (AvgIpc) is 2.97. The van der Waals surface area contributed by atoms with Crippen molar-refractivity contribution in [2.75, 3.05) is 33.4 Å². The lowest BCUT2D eigenvalue weighted by atomic mass is 9.75. The van der Waals surface area contributed by atoms with Crippen LogP contribution in [0.2, 0.25) is 0 Å². The predicted molar refractivity (Wildman–Crippen MR) is 102 cm³/mol. The fourth-order valence-electron chi connectivity index (χ4n) is 4.88. The van der Waals surface area contributed by atoms with Crippen LogP contribution in [0.3, 0.4) is 0 Å². The maximum absolute atomic E-state index is 12.7. The van der Waals surface area contributed by atoms with Gasteiger partial charge in [0.15, 0.2) is 0 Å². The molecular formula is C21H31N3O2. The highest BCUT2D eigenvalue weighted by Crippen LogP contribution is 2.46. The number of hydrogen-bond acceptors (Lipinski definition) is 3. The molecule has 26 heavy (non-hydrogen) atoms. The Bertz CT molecular complexity index is 609. The zero-order valence-electron chi connectivity index (χ0n) is 15.8. The van der Waals surface area contributed by atoms with Crippen LogP contribution in [0.25, 0.3) is 0 Å². The average molecular weight is 357 g/mol. The van der Waals surface area contributed by atoms with Crippen LogP contribution in [-0.2, 0) is 11.3 Å². The molecule has 0 aromatic heterocycles. The Balaban J connectivity index is 1.25. The summed E-state index contributed by atoms with van der Waals surface area (Å²) < 4.78 is 5.55. The van der Waals surface area contributed by atoms with Gasteiger partial charge in [-0.2, -0.15) is 0 Å². The first-order chi connectivity index (χ1) is 12.7. The van der Waals surface area contributed by atoms with E-state index in [2.05, 4.69) is 41.5 Å². The molecule has 1 spiro atoms. The third-order valence-electron chi connectivity index (χ3n) is 6.74. The number of rotatable bonds is 4. The second kappa shape index (κ2) is 7.57. The molecule has 1 atom stereocenters. The van der Waals surface area contributed by atoms with E-state index in [1.54, 1.807) is 0 Å². The van der Waals surface area contributed by atoms with E-state index in [0.717, 1.165) is 52.1 Å². The van der Waals surface area contributed by atoms with E-state index in [1.165, 1.54) is 18.4 Å². The molecule has 1 aliphatic carbocycles. The van der Waals surface area contributed by atoms with Crippen molar-refractivity contribution >= 4 is 6.03 Å². The number of nitrogens with zero attached hydrogens (tertiary/aromatic N) is 2.